The number of hydrogen-bond acceptors (Lipinski definition) is 0. The van der Waals surface area contributed by atoms with Crippen LogP contribution in [0.2, 0.25) is 5.54 Å². The summed E-state index contributed by atoms with van der Waals surface area (Å²) in [5, 5.41) is 0. The maximum absolute atomic E-state index is 2.24. The van der Waals surface area contributed by atoms with E-state index >= 15 is 0 Å². The molecular formula is C5H13LiSi. The van der Waals surface area contributed by atoms with Crippen LogP contribution in [0.4, 0.5) is 0 Å². The average Bonchev–Trinajstić information content (AvgIpc) is 1.65. The van der Waals surface area contributed by atoms with Crippen molar-refractivity contribution < 1.29 is 18.9 Å². The van der Waals surface area contributed by atoms with E-state index in [-0.39, 0.29) is 18.9 Å². The second-order valence-electron chi connectivity index (χ2n) is 1.68. The van der Waals surface area contributed by atoms with E-state index in [0.717, 1.165) is 5.54 Å². The molecule has 0 aliphatic rings. The fourth-order valence-corrected chi connectivity index (χ4v) is 0.289. The van der Waals surface area contributed by atoms with Crippen LogP contribution >= 0.6 is 0 Å². The van der Waals surface area contributed by atoms with E-state index in [4.69, 9.17) is 0 Å². The van der Waals surface area contributed by atoms with Crippen LogP contribution in [0.5, 0.6) is 0 Å². The first kappa shape index (κ1) is 10.7. The van der Waals surface area contributed by atoms with E-state index in [1.54, 1.807) is 0 Å². The average molecular weight is 108 g/mol. The minimum Gasteiger partial charge on any atom is -0.292 e. The maximum atomic E-state index is 2.24. The monoisotopic (exact) mass is 108 g/mol. The van der Waals surface area contributed by atoms with Crippen LogP contribution in [-0.4, -0.2) is 10.2 Å². The Hall–Kier alpha value is 0.814. The van der Waals surface area contributed by atoms with Gasteiger partial charge in [0, 0.05) is 0 Å². The van der Waals surface area contributed by atoms with Gasteiger partial charge in [0.1, 0.15) is 0 Å². The van der Waals surface area contributed by atoms with Gasteiger partial charge in [-0.05, 0) is 0 Å². The normalized spacial score (nSPS) is 8.57. The summed E-state index contributed by atoms with van der Waals surface area (Å²) >= 11 is 0. The Morgan fingerprint density at radius 2 is 1.57 bits per heavy atom. The summed E-state index contributed by atoms with van der Waals surface area (Å²) in [4.78, 5) is 0. The quantitative estimate of drug-likeness (QED) is 0.367. The topological polar surface area (TPSA) is 0 Å². The van der Waals surface area contributed by atoms with Gasteiger partial charge in [-0.2, -0.15) is 5.54 Å². The van der Waals surface area contributed by atoms with Crippen molar-refractivity contribution in [1.29, 1.82) is 0 Å². The molecule has 0 aliphatic carbocycles. The summed E-state index contributed by atoms with van der Waals surface area (Å²) in [6, 6.07) is 0. The van der Waals surface area contributed by atoms with Crippen LogP contribution < -0.4 is 18.9 Å². The predicted octanol–water partition coefficient (Wildman–Crippen LogP) is -1.77. The van der Waals surface area contributed by atoms with Gasteiger partial charge in [0.25, 0.3) is 0 Å². The molecule has 0 aromatic carbocycles. The summed E-state index contributed by atoms with van der Waals surface area (Å²) in [7, 11) is 2.10. The molecule has 0 bridgehead atoms. The van der Waals surface area contributed by atoms with Crippen molar-refractivity contribution >= 4 is 10.2 Å². The third-order valence-electron chi connectivity index (χ3n) is 1.15. The Labute approximate surface area is 61.7 Å². The van der Waals surface area contributed by atoms with Crippen LogP contribution in [0.25, 0.3) is 0 Å². The van der Waals surface area contributed by atoms with Gasteiger partial charge in [-0.1, -0.05) is 26.7 Å². The molecule has 0 rings (SSSR count). The second-order valence-corrected chi connectivity index (χ2v) is 2.84. The molecule has 0 N–H and O–H groups in total. The molecule has 7 heavy (non-hydrogen) atoms. The largest absolute Gasteiger partial charge is 1.00 e. The van der Waals surface area contributed by atoms with Crippen LogP contribution in [0.1, 0.15) is 26.7 Å². The zero-order chi connectivity index (χ0) is 4.99. The second kappa shape index (κ2) is 6.81. The van der Waals surface area contributed by atoms with E-state index in [0.29, 0.717) is 0 Å². The molecule has 0 heterocycles. The molecular weight excluding hydrogens is 95.1 g/mol. The van der Waals surface area contributed by atoms with Crippen LogP contribution in [0.15, 0.2) is 0 Å². The van der Waals surface area contributed by atoms with Gasteiger partial charge in [-0.15, -0.1) is 0 Å². The third-order valence-corrected chi connectivity index (χ3v) is 2.31. The van der Waals surface area contributed by atoms with E-state index < -0.39 is 0 Å². The Morgan fingerprint density at radius 3 is 1.57 bits per heavy atom. The van der Waals surface area contributed by atoms with Gasteiger partial charge >= 0.3 is 18.9 Å². The van der Waals surface area contributed by atoms with Crippen molar-refractivity contribution in [3.05, 3.63) is 0 Å². The summed E-state index contributed by atoms with van der Waals surface area (Å²) in [5.74, 6) is 0. The maximum Gasteiger partial charge on any atom is 1.00 e. The van der Waals surface area contributed by atoms with Gasteiger partial charge in [0.2, 0.25) is 0 Å². The first-order valence-corrected chi connectivity index (χ1v) is 3.46. The molecule has 38 valence electrons. The van der Waals surface area contributed by atoms with Crippen LogP contribution in [0, 0.1) is 0 Å². The molecule has 2 heteroatoms. The zero-order valence-corrected chi connectivity index (χ0v) is 7.11. The minimum atomic E-state index is 0. The minimum absolute atomic E-state index is 0. The molecule has 0 saturated carbocycles. The van der Waals surface area contributed by atoms with Crippen molar-refractivity contribution in [3.8, 4) is 0 Å². The molecule has 0 amide bonds. The van der Waals surface area contributed by atoms with Crippen molar-refractivity contribution in [3.63, 3.8) is 0 Å². The summed E-state index contributed by atoms with van der Waals surface area (Å²) in [5.41, 5.74) is 0.963. The third kappa shape index (κ3) is 6.81. The molecule has 0 nitrogen and oxygen atoms in total. The van der Waals surface area contributed by atoms with Crippen molar-refractivity contribution in [2.75, 3.05) is 0 Å². The SMILES string of the molecule is CCC([SiH2-])CC.[Li+]. The van der Waals surface area contributed by atoms with E-state index in [2.05, 4.69) is 24.1 Å². The van der Waals surface area contributed by atoms with Gasteiger partial charge < -0.3 is 0 Å². The zero-order valence-electron chi connectivity index (χ0n) is 5.70. The summed E-state index contributed by atoms with van der Waals surface area (Å²) < 4.78 is 0. The smallest absolute Gasteiger partial charge is 0.292 e. The Bertz CT molecular complexity index is 27.3. The summed E-state index contributed by atoms with van der Waals surface area (Å²) in [6.45, 7) is 4.47. The number of hydrogen-bond donors (Lipinski definition) is 0. The van der Waals surface area contributed by atoms with E-state index in [1.807, 2.05) is 0 Å². The molecule has 0 aromatic heterocycles. The predicted molar refractivity (Wildman–Crippen MR) is 32.9 cm³/mol. The van der Waals surface area contributed by atoms with Gasteiger partial charge in [0.15, 0.2) is 0 Å². The Kier molecular flexibility index (Phi) is 10.4. The van der Waals surface area contributed by atoms with Gasteiger partial charge in [-0.3, -0.25) is 10.2 Å². The Morgan fingerprint density at radius 1 is 1.29 bits per heavy atom. The molecule has 0 spiro atoms. The molecule has 0 aliphatic heterocycles. The molecule has 0 fully saturated rings. The fourth-order valence-electron chi connectivity index (χ4n) is 0.289. The van der Waals surface area contributed by atoms with Gasteiger partial charge in [-0.25, -0.2) is 0 Å². The van der Waals surface area contributed by atoms with Crippen molar-refractivity contribution in [1.82, 2.24) is 0 Å². The molecule has 0 atom stereocenters. The van der Waals surface area contributed by atoms with Gasteiger partial charge in [0.05, 0.1) is 0 Å². The number of rotatable bonds is 2. The summed E-state index contributed by atoms with van der Waals surface area (Å²) in [6.07, 6.45) is 2.68. The molecule has 0 unspecified atom stereocenters. The molecule has 0 radical (unpaired) electrons. The first-order chi connectivity index (χ1) is 2.81. The van der Waals surface area contributed by atoms with Crippen LogP contribution in [-0.2, 0) is 0 Å². The van der Waals surface area contributed by atoms with Crippen molar-refractivity contribution in [2.45, 2.75) is 32.2 Å². The first-order valence-electron chi connectivity index (χ1n) is 2.64. The standard InChI is InChI=1S/C5H13Si.Li/c1-3-5(6)4-2;/h5H,3-4,6H2,1-2H3;/q-1;+1. The Balaban J connectivity index is 0. The molecule has 0 saturated heterocycles. The molecule has 0 aromatic rings. The van der Waals surface area contributed by atoms with Crippen LogP contribution in [0.3, 0.4) is 0 Å². The van der Waals surface area contributed by atoms with E-state index in [1.165, 1.54) is 12.8 Å². The van der Waals surface area contributed by atoms with Crippen molar-refractivity contribution in [2.24, 2.45) is 0 Å². The fraction of sp³-hybridized carbons (Fsp3) is 1.00. The van der Waals surface area contributed by atoms with E-state index in [9.17, 15) is 0 Å².